The number of amides is 1. The van der Waals surface area contributed by atoms with E-state index in [1.807, 2.05) is 0 Å². The molecule has 17 heavy (non-hydrogen) atoms. The summed E-state index contributed by atoms with van der Waals surface area (Å²) in [5, 5.41) is 2.54. The molecule has 0 fully saturated rings. The second-order valence-corrected chi connectivity index (χ2v) is 3.31. The van der Waals surface area contributed by atoms with Crippen LogP contribution in [0.4, 0.5) is 0 Å². The van der Waals surface area contributed by atoms with Gasteiger partial charge in [-0.15, -0.1) is 0 Å². The Morgan fingerprint density at radius 1 is 1.65 bits per heavy atom. The zero-order valence-corrected chi connectivity index (χ0v) is 9.60. The quantitative estimate of drug-likeness (QED) is 0.434. The molecule has 1 rings (SSSR count). The fourth-order valence-corrected chi connectivity index (χ4v) is 1.19. The Bertz CT molecular complexity index is 364. The summed E-state index contributed by atoms with van der Waals surface area (Å²) in [6, 6.07) is -1.27. The second-order valence-electron chi connectivity index (χ2n) is 3.31. The molecule has 0 radical (unpaired) electrons. The van der Waals surface area contributed by atoms with E-state index in [1.54, 1.807) is 19.3 Å². The van der Waals surface area contributed by atoms with Gasteiger partial charge in [-0.05, 0) is 6.92 Å². The van der Waals surface area contributed by atoms with Gasteiger partial charge in [0.25, 0.3) is 0 Å². The van der Waals surface area contributed by atoms with Gasteiger partial charge in [-0.2, -0.15) is 0 Å². The number of carbonyl (C=O) groups excluding carboxylic acids is 2. The first kappa shape index (κ1) is 13.2. The average Bonchev–Trinajstić information content (AvgIpc) is 2.81. The Hall–Kier alpha value is -1.89. The van der Waals surface area contributed by atoms with Crippen molar-refractivity contribution in [1.82, 2.24) is 15.3 Å². The third kappa shape index (κ3) is 4.23. The van der Waals surface area contributed by atoms with Crippen LogP contribution in [0.25, 0.3) is 0 Å². The predicted octanol–water partition coefficient (Wildman–Crippen LogP) is -1.04. The van der Waals surface area contributed by atoms with Gasteiger partial charge in [0.1, 0.15) is 5.82 Å². The monoisotopic (exact) mass is 240 g/mol. The van der Waals surface area contributed by atoms with E-state index in [-0.39, 0.29) is 6.61 Å². The maximum Gasteiger partial charge on any atom is 0.332 e. The lowest BCUT2D eigenvalue weighted by Gasteiger charge is -2.10. The Labute approximate surface area is 98.7 Å². The molecule has 0 aliphatic heterocycles. The lowest BCUT2D eigenvalue weighted by Crippen LogP contribution is -2.47. The molecule has 1 aromatic rings. The van der Waals surface area contributed by atoms with Crippen LogP contribution in [0.2, 0.25) is 0 Å². The van der Waals surface area contributed by atoms with Crippen LogP contribution in [0.5, 0.6) is 0 Å². The number of H-pyrrole nitrogens is 1. The molecule has 1 unspecified atom stereocenters. The Morgan fingerprint density at radius 3 is 3.00 bits per heavy atom. The van der Waals surface area contributed by atoms with Crippen molar-refractivity contribution in [3.8, 4) is 0 Å². The number of rotatable bonds is 6. The van der Waals surface area contributed by atoms with E-state index < -0.39 is 17.9 Å². The van der Waals surface area contributed by atoms with Gasteiger partial charge in [0.2, 0.25) is 5.91 Å². The van der Waals surface area contributed by atoms with E-state index in [4.69, 9.17) is 5.73 Å². The van der Waals surface area contributed by atoms with Crippen LogP contribution >= 0.6 is 0 Å². The number of nitrogens with one attached hydrogen (secondary N) is 2. The summed E-state index contributed by atoms with van der Waals surface area (Å²) in [5.41, 5.74) is 5.40. The lowest BCUT2D eigenvalue weighted by molar-refractivity contribution is -0.147. The zero-order chi connectivity index (χ0) is 12.7. The van der Waals surface area contributed by atoms with Crippen molar-refractivity contribution in [2.24, 2.45) is 5.73 Å². The normalized spacial score (nSPS) is 11.9. The highest BCUT2D eigenvalue weighted by atomic mass is 16.5. The van der Waals surface area contributed by atoms with Gasteiger partial charge in [-0.3, -0.25) is 4.79 Å². The van der Waals surface area contributed by atoms with E-state index in [0.29, 0.717) is 13.0 Å². The van der Waals surface area contributed by atoms with Gasteiger partial charge < -0.3 is 20.8 Å². The average molecular weight is 240 g/mol. The number of esters is 1. The summed E-state index contributed by atoms with van der Waals surface area (Å²) in [7, 11) is 0. The van der Waals surface area contributed by atoms with Crippen molar-refractivity contribution < 1.29 is 14.3 Å². The van der Waals surface area contributed by atoms with Crippen molar-refractivity contribution in [2.75, 3.05) is 13.2 Å². The molecule has 7 nitrogen and oxygen atoms in total. The third-order valence-corrected chi connectivity index (χ3v) is 2.04. The van der Waals surface area contributed by atoms with E-state index >= 15 is 0 Å². The molecule has 0 aliphatic rings. The van der Waals surface area contributed by atoms with E-state index in [0.717, 1.165) is 5.82 Å². The van der Waals surface area contributed by atoms with Crippen LogP contribution in [0, 0.1) is 0 Å². The number of nitrogens with zero attached hydrogens (tertiary/aromatic N) is 1. The number of aromatic nitrogens is 2. The molecular weight excluding hydrogens is 224 g/mol. The van der Waals surface area contributed by atoms with Gasteiger partial charge in [-0.25, -0.2) is 9.78 Å². The maximum atomic E-state index is 11.4. The van der Waals surface area contributed by atoms with Gasteiger partial charge >= 0.3 is 5.97 Å². The van der Waals surface area contributed by atoms with Gasteiger partial charge in [-0.1, -0.05) is 0 Å². The van der Waals surface area contributed by atoms with Crippen molar-refractivity contribution in [2.45, 2.75) is 19.4 Å². The largest absolute Gasteiger partial charge is 0.464 e. The number of ether oxygens (including phenoxy) is 1. The number of hydrogen-bond acceptors (Lipinski definition) is 5. The number of nitrogens with two attached hydrogens (primary N) is 1. The summed E-state index contributed by atoms with van der Waals surface area (Å²) < 4.78 is 4.63. The number of carbonyl (C=O) groups is 2. The van der Waals surface area contributed by atoms with Crippen LogP contribution < -0.4 is 11.1 Å². The van der Waals surface area contributed by atoms with Crippen LogP contribution in [0.15, 0.2) is 12.4 Å². The molecule has 0 bridgehead atoms. The third-order valence-electron chi connectivity index (χ3n) is 2.04. The highest BCUT2D eigenvalue weighted by Crippen LogP contribution is 1.90. The lowest BCUT2D eigenvalue weighted by atomic mass is 10.3. The summed E-state index contributed by atoms with van der Waals surface area (Å²) in [5.74, 6) is -0.506. The number of hydrogen-bond donors (Lipinski definition) is 3. The molecule has 7 heteroatoms. The van der Waals surface area contributed by atoms with Crippen LogP contribution in [-0.2, 0) is 20.7 Å². The number of aromatic amines is 1. The van der Waals surface area contributed by atoms with Crippen LogP contribution in [0.1, 0.15) is 12.7 Å². The van der Waals surface area contributed by atoms with Gasteiger partial charge in [0.15, 0.2) is 6.04 Å². The minimum atomic E-state index is -1.27. The standard InChI is InChI=1S/C10H16N4O3/c1-2-17-10(16)8(11)9(15)14-4-3-7-12-5-6-13-7/h5-6,8H,2-4,11H2,1H3,(H,12,13)(H,14,15). The minimum Gasteiger partial charge on any atom is -0.464 e. The van der Waals surface area contributed by atoms with E-state index in [9.17, 15) is 9.59 Å². The fraction of sp³-hybridized carbons (Fsp3) is 0.500. The summed E-state index contributed by atoms with van der Waals surface area (Å²) >= 11 is 0. The molecule has 1 heterocycles. The summed E-state index contributed by atoms with van der Waals surface area (Å²) in [6.07, 6.45) is 3.87. The van der Waals surface area contributed by atoms with Crippen LogP contribution in [0.3, 0.4) is 0 Å². The first-order valence-electron chi connectivity index (χ1n) is 5.33. The molecule has 0 saturated heterocycles. The molecule has 0 aliphatic carbocycles. The smallest absolute Gasteiger partial charge is 0.332 e. The van der Waals surface area contributed by atoms with Crippen molar-refractivity contribution >= 4 is 11.9 Å². The maximum absolute atomic E-state index is 11.4. The fourth-order valence-electron chi connectivity index (χ4n) is 1.19. The van der Waals surface area contributed by atoms with Crippen LogP contribution in [-0.4, -0.2) is 41.0 Å². The first-order chi connectivity index (χ1) is 8.15. The van der Waals surface area contributed by atoms with E-state index in [1.165, 1.54) is 0 Å². The van der Waals surface area contributed by atoms with Crippen molar-refractivity contribution in [3.63, 3.8) is 0 Å². The molecule has 0 aromatic carbocycles. The SMILES string of the molecule is CCOC(=O)C(N)C(=O)NCCc1ncc[nH]1. The van der Waals surface area contributed by atoms with Crippen molar-refractivity contribution in [3.05, 3.63) is 18.2 Å². The zero-order valence-electron chi connectivity index (χ0n) is 9.60. The first-order valence-corrected chi connectivity index (χ1v) is 5.33. The molecule has 94 valence electrons. The Balaban J connectivity index is 2.27. The molecule has 1 amide bonds. The second kappa shape index (κ2) is 6.64. The molecule has 1 aromatic heterocycles. The molecule has 1 atom stereocenters. The van der Waals surface area contributed by atoms with Gasteiger partial charge in [0.05, 0.1) is 6.61 Å². The van der Waals surface area contributed by atoms with Crippen molar-refractivity contribution in [1.29, 1.82) is 0 Å². The van der Waals surface area contributed by atoms with Gasteiger partial charge in [0, 0.05) is 25.4 Å². The molecule has 0 saturated carbocycles. The highest BCUT2D eigenvalue weighted by molar-refractivity contribution is 6.01. The molecular formula is C10H16N4O3. The Morgan fingerprint density at radius 2 is 2.41 bits per heavy atom. The summed E-state index contributed by atoms with van der Waals surface area (Å²) in [6.45, 7) is 2.21. The number of imidazole rings is 1. The highest BCUT2D eigenvalue weighted by Gasteiger charge is 2.22. The topological polar surface area (TPSA) is 110 Å². The molecule has 0 spiro atoms. The Kier molecular flexibility index (Phi) is 5.15. The minimum absolute atomic E-state index is 0.201. The predicted molar refractivity (Wildman–Crippen MR) is 59.9 cm³/mol. The van der Waals surface area contributed by atoms with E-state index in [2.05, 4.69) is 20.0 Å². The summed E-state index contributed by atoms with van der Waals surface area (Å²) in [4.78, 5) is 29.5. The molecule has 4 N–H and O–H groups in total.